The Balaban J connectivity index is 1.65. The van der Waals surface area contributed by atoms with E-state index in [0.29, 0.717) is 29.6 Å². The Hall–Kier alpha value is -2.26. The van der Waals surface area contributed by atoms with Crippen molar-refractivity contribution in [1.29, 1.82) is 5.26 Å². The first-order valence-electron chi connectivity index (χ1n) is 8.68. The maximum Gasteiger partial charge on any atom is 0.322 e. The summed E-state index contributed by atoms with van der Waals surface area (Å²) in [7, 11) is 0. The molecule has 6 nitrogen and oxygen atoms in total. The highest BCUT2D eigenvalue weighted by molar-refractivity contribution is 5.91. The van der Waals surface area contributed by atoms with Gasteiger partial charge in [-0.3, -0.25) is 4.90 Å². The van der Waals surface area contributed by atoms with Gasteiger partial charge in [-0.2, -0.15) is 5.26 Å². The van der Waals surface area contributed by atoms with Gasteiger partial charge in [0.1, 0.15) is 5.75 Å². The molecule has 2 saturated heterocycles. The molecule has 2 aliphatic rings. The van der Waals surface area contributed by atoms with E-state index in [1.807, 2.05) is 11.8 Å². The van der Waals surface area contributed by atoms with Gasteiger partial charge in [0.15, 0.2) is 0 Å². The summed E-state index contributed by atoms with van der Waals surface area (Å²) in [6.07, 6.45) is 3.56. The van der Waals surface area contributed by atoms with Crippen LogP contribution in [0.4, 0.5) is 10.5 Å². The fraction of sp³-hybridized carbons (Fsp3) is 0.556. The molecule has 6 heteroatoms. The minimum Gasteiger partial charge on any atom is -0.492 e. The zero-order valence-corrected chi connectivity index (χ0v) is 14.1. The summed E-state index contributed by atoms with van der Waals surface area (Å²) in [5.74, 6) is 0.597. The molecule has 1 N–H and O–H groups in total. The third-order valence-corrected chi connectivity index (χ3v) is 4.76. The Bertz CT molecular complexity index is 634. The summed E-state index contributed by atoms with van der Waals surface area (Å²) in [5.41, 5.74) is 1.07. The Morgan fingerprint density at radius 1 is 1.38 bits per heavy atom. The number of carbonyl (C=O) groups excluding carboxylic acids is 1. The number of rotatable bonds is 4. The number of hydrogen-bond acceptors (Lipinski definition) is 4. The highest BCUT2D eigenvalue weighted by atomic mass is 16.5. The standard InChI is InChI=1S/C18H24N4O2/c1-2-24-17-6-5-14(12-19)11-16(17)20-18(23)22-10-7-15(13-22)21-8-3-4-9-21/h5-6,11,15H,2-4,7-10,13H2,1H3,(H,20,23)/t15-/m1/s1. The number of ether oxygens (including phenoxy) is 1. The molecule has 1 aromatic carbocycles. The quantitative estimate of drug-likeness (QED) is 0.922. The number of urea groups is 1. The SMILES string of the molecule is CCOc1ccc(C#N)cc1NC(=O)N1CC[C@@H](N2CCCC2)C1. The first-order valence-corrected chi connectivity index (χ1v) is 8.68. The maximum atomic E-state index is 12.6. The van der Waals surface area contributed by atoms with Crippen molar-refractivity contribution in [3.05, 3.63) is 23.8 Å². The molecule has 0 bridgehead atoms. The molecule has 0 spiro atoms. The van der Waals surface area contributed by atoms with Gasteiger partial charge < -0.3 is 15.0 Å². The van der Waals surface area contributed by atoms with E-state index < -0.39 is 0 Å². The van der Waals surface area contributed by atoms with Crippen molar-refractivity contribution in [3.63, 3.8) is 0 Å². The number of nitriles is 1. The molecule has 1 atom stereocenters. The molecule has 3 rings (SSSR count). The molecule has 128 valence electrons. The molecule has 0 aliphatic carbocycles. The Labute approximate surface area is 143 Å². The van der Waals surface area contributed by atoms with Crippen molar-refractivity contribution < 1.29 is 9.53 Å². The summed E-state index contributed by atoms with van der Waals surface area (Å²) < 4.78 is 5.55. The molecule has 0 radical (unpaired) electrons. The van der Waals surface area contributed by atoms with Crippen molar-refractivity contribution in [3.8, 4) is 11.8 Å². The van der Waals surface area contributed by atoms with Crippen molar-refractivity contribution in [2.24, 2.45) is 0 Å². The van der Waals surface area contributed by atoms with Crippen LogP contribution in [0, 0.1) is 11.3 Å². The van der Waals surface area contributed by atoms with Gasteiger partial charge >= 0.3 is 6.03 Å². The lowest BCUT2D eigenvalue weighted by Crippen LogP contribution is -2.38. The van der Waals surface area contributed by atoms with Gasteiger partial charge in [0.05, 0.1) is 23.9 Å². The van der Waals surface area contributed by atoms with E-state index in [2.05, 4.69) is 16.3 Å². The molecule has 1 aromatic rings. The van der Waals surface area contributed by atoms with Crippen LogP contribution < -0.4 is 10.1 Å². The van der Waals surface area contributed by atoms with E-state index in [4.69, 9.17) is 10.00 Å². The molecule has 2 fully saturated rings. The van der Waals surface area contributed by atoms with Gasteiger partial charge in [0.25, 0.3) is 0 Å². The number of nitrogens with one attached hydrogen (secondary N) is 1. The molecule has 2 aliphatic heterocycles. The summed E-state index contributed by atoms with van der Waals surface area (Å²) >= 11 is 0. The van der Waals surface area contributed by atoms with Crippen LogP contribution >= 0.6 is 0 Å². The molecule has 0 unspecified atom stereocenters. The highest BCUT2D eigenvalue weighted by Gasteiger charge is 2.31. The van der Waals surface area contributed by atoms with Crippen LogP contribution in [0.5, 0.6) is 5.75 Å². The molecular formula is C18H24N4O2. The second-order valence-corrected chi connectivity index (χ2v) is 6.32. The molecule has 24 heavy (non-hydrogen) atoms. The van der Waals surface area contributed by atoms with Gasteiger partial charge in [0.2, 0.25) is 0 Å². The summed E-state index contributed by atoms with van der Waals surface area (Å²) in [6.45, 7) is 6.25. The zero-order chi connectivity index (χ0) is 16.9. The normalized spacial score (nSPS) is 20.8. The predicted molar refractivity (Wildman–Crippen MR) is 92.1 cm³/mol. The zero-order valence-electron chi connectivity index (χ0n) is 14.1. The number of nitrogens with zero attached hydrogens (tertiary/aromatic N) is 3. The number of anilines is 1. The fourth-order valence-corrected chi connectivity index (χ4v) is 3.50. The van der Waals surface area contributed by atoms with E-state index in [1.54, 1.807) is 18.2 Å². The van der Waals surface area contributed by atoms with Crippen LogP contribution in [0.1, 0.15) is 31.7 Å². The van der Waals surface area contributed by atoms with Crippen LogP contribution in [0.15, 0.2) is 18.2 Å². The fourth-order valence-electron chi connectivity index (χ4n) is 3.50. The average Bonchev–Trinajstić information content (AvgIpc) is 3.27. The topological polar surface area (TPSA) is 68.6 Å². The Kier molecular flexibility index (Phi) is 5.21. The van der Waals surface area contributed by atoms with E-state index in [-0.39, 0.29) is 6.03 Å². The molecule has 2 amide bonds. The van der Waals surface area contributed by atoms with Gasteiger partial charge in [-0.1, -0.05) is 0 Å². The lowest BCUT2D eigenvalue weighted by Gasteiger charge is -2.24. The summed E-state index contributed by atoms with van der Waals surface area (Å²) in [4.78, 5) is 16.9. The van der Waals surface area contributed by atoms with Crippen LogP contribution in [-0.4, -0.2) is 54.7 Å². The van der Waals surface area contributed by atoms with Crippen molar-refractivity contribution in [2.45, 2.75) is 32.2 Å². The van der Waals surface area contributed by atoms with E-state index in [0.717, 1.165) is 32.6 Å². The van der Waals surface area contributed by atoms with Crippen molar-refractivity contribution >= 4 is 11.7 Å². The Morgan fingerprint density at radius 2 is 2.17 bits per heavy atom. The lowest BCUT2D eigenvalue weighted by molar-refractivity contribution is 0.210. The van der Waals surface area contributed by atoms with E-state index in [9.17, 15) is 4.79 Å². The van der Waals surface area contributed by atoms with Crippen molar-refractivity contribution in [2.75, 3.05) is 38.1 Å². The van der Waals surface area contributed by atoms with E-state index in [1.165, 1.54) is 12.8 Å². The summed E-state index contributed by atoms with van der Waals surface area (Å²) in [6, 6.07) is 7.55. The maximum absolute atomic E-state index is 12.6. The van der Waals surface area contributed by atoms with Crippen LogP contribution in [0.3, 0.4) is 0 Å². The molecular weight excluding hydrogens is 304 g/mol. The first kappa shape index (κ1) is 16.6. The predicted octanol–water partition coefficient (Wildman–Crippen LogP) is 2.66. The Morgan fingerprint density at radius 3 is 2.88 bits per heavy atom. The third-order valence-electron chi connectivity index (χ3n) is 4.76. The number of amides is 2. The highest BCUT2D eigenvalue weighted by Crippen LogP contribution is 2.27. The first-order chi connectivity index (χ1) is 11.7. The lowest BCUT2D eigenvalue weighted by atomic mass is 10.2. The van der Waals surface area contributed by atoms with Gasteiger partial charge in [-0.25, -0.2) is 4.79 Å². The van der Waals surface area contributed by atoms with Gasteiger partial charge in [-0.15, -0.1) is 0 Å². The molecule has 0 saturated carbocycles. The van der Waals surface area contributed by atoms with Crippen LogP contribution in [0.25, 0.3) is 0 Å². The second-order valence-electron chi connectivity index (χ2n) is 6.32. The largest absolute Gasteiger partial charge is 0.492 e. The molecule has 0 aromatic heterocycles. The van der Waals surface area contributed by atoms with Crippen LogP contribution in [-0.2, 0) is 0 Å². The smallest absolute Gasteiger partial charge is 0.322 e. The van der Waals surface area contributed by atoms with E-state index >= 15 is 0 Å². The number of benzene rings is 1. The third kappa shape index (κ3) is 3.62. The second kappa shape index (κ2) is 7.54. The van der Waals surface area contributed by atoms with Crippen LogP contribution in [0.2, 0.25) is 0 Å². The average molecular weight is 328 g/mol. The van der Waals surface area contributed by atoms with Gasteiger partial charge in [0, 0.05) is 19.1 Å². The monoisotopic (exact) mass is 328 g/mol. The van der Waals surface area contributed by atoms with Gasteiger partial charge in [-0.05, 0) is 57.5 Å². The number of hydrogen-bond donors (Lipinski definition) is 1. The minimum absolute atomic E-state index is 0.118. The molecule has 2 heterocycles. The summed E-state index contributed by atoms with van der Waals surface area (Å²) in [5, 5.41) is 12.0. The number of carbonyl (C=O) groups is 1. The minimum atomic E-state index is -0.118. The van der Waals surface area contributed by atoms with Crippen molar-refractivity contribution in [1.82, 2.24) is 9.80 Å². The number of likely N-dealkylation sites (tertiary alicyclic amines) is 2.